The van der Waals surface area contributed by atoms with Crippen molar-refractivity contribution < 1.29 is 13.5 Å². The van der Waals surface area contributed by atoms with Crippen molar-refractivity contribution in [3.63, 3.8) is 0 Å². The molecule has 1 aromatic heterocycles. The van der Waals surface area contributed by atoms with Crippen molar-refractivity contribution in [2.45, 2.75) is 6.43 Å². The lowest BCUT2D eigenvalue weighted by molar-refractivity contribution is 0.0393. The molecule has 104 valence electrons. The van der Waals surface area contributed by atoms with Gasteiger partial charge in [0.05, 0.1) is 26.3 Å². The van der Waals surface area contributed by atoms with Crippen LogP contribution in [-0.2, 0) is 4.74 Å². The summed E-state index contributed by atoms with van der Waals surface area (Å²) >= 11 is 0. The van der Waals surface area contributed by atoms with Crippen molar-refractivity contribution in [2.75, 3.05) is 32.0 Å². The minimum Gasteiger partial charge on any atom is -0.384 e. The fourth-order valence-corrected chi connectivity index (χ4v) is 1.74. The minimum atomic E-state index is -2.68. The molecule has 2 rings (SSSR count). The number of hydrazone groups is 1. The van der Waals surface area contributed by atoms with Crippen LogP contribution in [0, 0.1) is 0 Å². The third-order valence-corrected chi connectivity index (χ3v) is 2.70. The van der Waals surface area contributed by atoms with Gasteiger partial charge in [0.15, 0.2) is 5.84 Å². The fraction of sp³-hybridized carbons (Fsp3) is 0.455. The van der Waals surface area contributed by atoms with Crippen molar-refractivity contribution in [1.82, 2.24) is 9.99 Å². The number of nitrogen functional groups attached to an aromatic ring is 1. The molecule has 0 bridgehead atoms. The van der Waals surface area contributed by atoms with Gasteiger partial charge in [0.1, 0.15) is 5.82 Å². The molecule has 19 heavy (non-hydrogen) atoms. The Morgan fingerprint density at radius 2 is 2.11 bits per heavy atom. The Morgan fingerprint density at radius 3 is 2.74 bits per heavy atom. The molecule has 0 radical (unpaired) electrons. The first-order valence-corrected chi connectivity index (χ1v) is 5.78. The van der Waals surface area contributed by atoms with Crippen LogP contribution in [0.2, 0.25) is 0 Å². The number of halogens is 2. The second-order valence-electron chi connectivity index (χ2n) is 4.05. The molecule has 1 saturated heterocycles. The van der Waals surface area contributed by atoms with Gasteiger partial charge in [-0.15, -0.1) is 0 Å². The summed E-state index contributed by atoms with van der Waals surface area (Å²) in [6.07, 6.45) is -1.46. The molecule has 0 atom stereocenters. The highest BCUT2D eigenvalue weighted by Crippen LogP contribution is 2.23. The summed E-state index contributed by atoms with van der Waals surface area (Å²) < 4.78 is 31.0. The van der Waals surface area contributed by atoms with Gasteiger partial charge >= 0.3 is 0 Å². The number of nitrogens with two attached hydrogens (primary N) is 2. The van der Waals surface area contributed by atoms with Gasteiger partial charge in [-0.3, -0.25) is 5.01 Å². The van der Waals surface area contributed by atoms with E-state index in [-0.39, 0.29) is 22.8 Å². The average Bonchev–Trinajstić information content (AvgIpc) is 2.39. The monoisotopic (exact) mass is 271 g/mol. The van der Waals surface area contributed by atoms with Crippen LogP contribution >= 0.6 is 0 Å². The molecule has 0 aromatic carbocycles. The third-order valence-electron chi connectivity index (χ3n) is 2.70. The first kappa shape index (κ1) is 13.5. The Morgan fingerprint density at radius 1 is 1.42 bits per heavy atom. The highest BCUT2D eigenvalue weighted by Gasteiger charge is 2.18. The Labute approximate surface area is 109 Å². The van der Waals surface area contributed by atoms with Crippen LogP contribution in [0.5, 0.6) is 0 Å². The van der Waals surface area contributed by atoms with Crippen molar-refractivity contribution in [3.8, 4) is 0 Å². The number of aromatic nitrogens is 1. The van der Waals surface area contributed by atoms with Crippen molar-refractivity contribution in [1.29, 1.82) is 0 Å². The van der Waals surface area contributed by atoms with Gasteiger partial charge in [0, 0.05) is 17.3 Å². The number of amidine groups is 1. The van der Waals surface area contributed by atoms with Crippen molar-refractivity contribution in [2.24, 2.45) is 10.8 Å². The predicted molar refractivity (Wildman–Crippen MR) is 66.7 cm³/mol. The first-order valence-electron chi connectivity index (χ1n) is 5.78. The zero-order valence-electron chi connectivity index (χ0n) is 10.2. The van der Waals surface area contributed by atoms with Crippen LogP contribution in [0.1, 0.15) is 17.6 Å². The maximum atomic E-state index is 12.9. The Bertz CT molecular complexity index is 474. The number of ether oxygens (including phenoxy) is 1. The Hall–Kier alpha value is -1.96. The minimum absolute atomic E-state index is 0.00435. The first-order chi connectivity index (χ1) is 9.08. The van der Waals surface area contributed by atoms with E-state index in [0.29, 0.717) is 26.3 Å². The van der Waals surface area contributed by atoms with Gasteiger partial charge in [-0.25, -0.2) is 13.8 Å². The average molecular weight is 271 g/mol. The van der Waals surface area contributed by atoms with E-state index in [1.165, 1.54) is 6.20 Å². The maximum Gasteiger partial charge on any atom is 0.264 e. The van der Waals surface area contributed by atoms with E-state index in [4.69, 9.17) is 16.2 Å². The summed E-state index contributed by atoms with van der Waals surface area (Å²) in [6, 6.07) is 1.11. The molecule has 8 heteroatoms. The van der Waals surface area contributed by atoms with Crippen LogP contribution < -0.4 is 11.5 Å². The van der Waals surface area contributed by atoms with Gasteiger partial charge in [-0.1, -0.05) is 0 Å². The number of pyridine rings is 1. The summed E-state index contributed by atoms with van der Waals surface area (Å²) in [5.41, 5.74) is 11.0. The number of rotatable bonds is 3. The quantitative estimate of drug-likeness (QED) is 0.619. The number of anilines is 1. The predicted octanol–water partition coefficient (Wildman–Crippen LogP) is 0.554. The summed E-state index contributed by atoms with van der Waals surface area (Å²) in [5, 5.41) is 5.80. The van der Waals surface area contributed by atoms with E-state index in [0.717, 1.165) is 6.07 Å². The second-order valence-corrected chi connectivity index (χ2v) is 4.05. The number of nitrogens with zero attached hydrogens (tertiary/aromatic N) is 3. The molecule has 1 aromatic rings. The smallest absolute Gasteiger partial charge is 0.264 e. The molecule has 0 aliphatic carbocycles. The number of hydrogen-bond acceptors (Lipinski definition) is 5. The van der Waals surface area contributed by atoms with Gasteiger partial charge < -0.3 is 16.2 Å². The van der Waals surface area contributed by atoms with Gasteiger partial charge in [-0.2, -0.15) is 5.10 Å². The molecule has 1 aliphatic heterocycles. The lowest BCUT2D eigenvalue weighted by atomic mass is 10.1. The van der Waals surface area contributed by atoms with E-state index in [9.17, 15) is 8.78 Å². The van der Waals surface area contributed by atoms with E-state index < -0.39 is 6.43 Å². The Kier molecular flexibility index (Phi) is 4.10. The van der Waals surface area contributed by atoms with Gasteiger partial charge in [-0.05, 0) is 6.07 Å². The summed E-state index contributed by atoms with van der Waals surface area (Å²) in [4.78, 5) is 3.78. The van der Waals surface area contributed by atoms with E-state index >= 15 is 0 Å². The molecule has 0 spiro atoms. The van der Waals surface area contributed by atoms with Crippen LogP contribution in [0.3, 0.4) is 0 Å². The second kappa shape index (κ2) is 5.79. The zero-order chi connectivity index (χ0) is 13.8. The molecule has 0 unspecified atom stereocenters. The van der Waals surface area contributed by atoms with Gasteiger partial charge in [0.2, 0.25) is 0 Å². The maximum absolute atomic E-state index is 12.9. The lowest BCUT2D eigenvalue weighted by Gasteiger charge is -2.24. The van der Waals surface area contributed by atoms with E-state index in [1.807, 2.05) is 0 Å². The Balaban J connectivity index is 2.26. The van der Waals surface area contributed by atoms with Crippen molar-refractivity contribution in [3.05, 3.63) is 23.4 Å². The number of morpholine rings is 1. The van der Waals surface area contributed by atoms with Crippen molar-refractivity contribution >= 4 is 11.7 Å². The molecular formula is C11H15F2N5O. The molecule has 1 aliphatic rings. The van der Waals surface area contributed by atoms with Crippen LogP contribution in [0.15, 0.2) is 17.4 Å². The molecule has 0 saturated carbocycles. The van der Waals surface area contributed by atoms with Crippen LogP contribution in [0.4, 0.5) is 14.6 Å². The fourth-order valence-electron chi connectivity index (χ4n) is 1.74. The third kappa shape index (κ3) is 3.28. The molecular weight excluding hydrogens is 256 g/mol. The molecule has 6 nitrogen and oxygen atoms in total. The number of hydrogen-bond donors (Lipinski definition) is 2. The normalized spacial score (nSPS) is 17.0. The largest absolute Gasteiger partial charge is 0.384 e. The van der Waals surface area contributed by atoms with Gasteiger partial charge in [0.25, 0.3) is 6.43 Å². The van der Waals surface area contributed by atoms with Crippen LogP contribution in [0.25, 0.3) is 0 Å². The number of alkyl halides is 2. The standard InChI is InChI=1S/C11H15F2N5O/c12-10(13)7-5-9(14)16-6-8(7)11(15)17-18-1-3-19-4-2-18/h5-6,10H,1-4H2,(H2,14,16)(H2,15,17). The molecule has 1 fully saturated rings. The molecule has 2 heterocycles. The molecule has 0 amide bonds. The summed E-state index contributed by atoms with van der Waals surface area (Å²) in [5.74, 6) is 0.0305. The molecule has 4 N–H and O–H groups in total. The summed E-state index contributed by atoms with van der Waals surface area (Å²) in [7, 11) is 0. The zero-order valence-corrected chi connectivity index (χ0v) is 10.2. The topological polar surface area (TPSA) is 89.8 Å². The highest BCUT2D eigenvalue weighted by molar-refractivity contribution is 5.98. The SMILES string of the molecule is NC(=NN1CCOCC1)c1cnc(N)cc1C(F)F. The van der Waals surface area contributed by atoms with Crippen LogP contribution in [-0.4, -0.2) is 42.1 Å². The highest BCUT2D eigenvalue weighted by atomic mass is 19.3. The lowest BCUT2D eigenvalue weighted by Crippen LogP contribution is -2.34. The summed E-state index contributed by atoms with van der Waals surface area (Å²) in [6.45, 7) is 2.23. The van der Waals surface area contributed by atoms with E-state index in [2.05, 4.69) is 10.1 Å². The van der Waals surface area contributed by atoms with E-state index in [1.54, 1.807) is 5.01 Å².